The van der Waals surface area contributed by atoms with E-state index in [0.717, 1.165) is 0 Å². The maximum atomic E-state index is 9.30. The number of aliphatic hydroxyl groups is 1. The van der Waals surface area contributed by atoms with Gasteiger partial charge in [0, 0.05) is 0 Å². The lowest BCUT2D eigenvalue weighted by molar-refractivity contribution is 0.0599. The van der Waals surface area contributed by atoms with Crippen molar-refractivity contribution >= 4 is 28.6 Å². The minimum atomic E-state index is -3.69. The molecule has 0 heterocycles. The summed E-state index contributed by atoms with van der Waals surface area (Å²) >= 11 is 8.81. The molecule has 2 N–H and O–H groups in total. The second-order valence-electron chi connectivity index (χ2n) is 2.11. The van der Waals surface area contributed by atoms with E-state index in [0.29, 0.717) is 13.2 Å². The summed E-state index contributed by atoms with van der Waals surface area (Å²) in [5.74, 6) is 0. The van der Waals surface area contributed by atoms with Crippen molar-refractivity contribution in [3.63, 3.8) is 0 Å². The molecule has 4 nitrogen and oxygen atoms in total. The lowest BCUT2D eigenvalue weighted by atomic mass is 10.4. The fourth-order valence-corrected chi connectivity index (χ4v) is 0.322. The van der Waals surface area contributed by atoms with Crippen LogP contribution in [0.1, 0.15) is 6.92 Å². The van der Waals surface area contributed by atoms with Gasteiger partial charge in [-0.25, -0.2) is 0 Å². The summed E-state index contributed by atoms with van der Waals surface area (Å²) in [6.07, 6.45) is -2.41. The Bertz CT molecular complexity index is 160. The number of aliphatic hydroxyl groups excluding tert-OH is 1. The third-order valence-electron chi connectivity index (χ3n) is 0.595. The molecule has 7 heteroatoms. The second kappa shape index (κ2) is 9.00. The van der Waals surface area contributed by atoms with Crippen molar-refractivity contribution in [3.8, 4) is 0 Å². The van der Waals surface area contributed by atoms with Gasteiger partial charge in [0.15, 0.2) is 0 Å². The van der Waals surface area contributed by atoms with Crippen LogP contribution in [0, 0.1) is 0 Å². The van der Waals surface area contributed by atoms with E-state index in [2.05, 4.69) is 29.1 Å². The summed E-state index contributed by atoms with van der Waals surface area (Å²) in [5.41, 5.74) is 0. The van der Waals surface area contributed by atoms with Crippen LogP contribution in [-0.2, 0) is 9.30 Å². The SMILES string of the molecule is C=CCOCC(C)O.O=P(O)(Cl)Cl. The zero-order valence-electron chi connectivity index (χ0n) is 7.19. The molecule has 0 bridgehead atoms. The summed E-state index contributed by atoms with van der Waals surface area (Å²) in [7, 11) is 0. The molecule has 0 aromatic heterocycles. The van der Waals surface area contributed by atoms with Crippen molar-refractivity contribution in [1.29, 1.82) is 0 Å². The monoisotopic (exact) mass is 250 g/mol. The minimum Gasteiger partial charge on any atom is -0.391 e. The zero-order valence-corrected chi connectivity index (χ0v) is 9.60. The van der Waals surface area contributed by atoms with Gasteiger partial charge in [-0.3, -0.25) is 4.57 Å². The number of rotatable bonds is 4. The highest BCUT2D eigenvalue weighted by Crippen LogP contribution is 2.51. The minimum absolute atomic E-state index is 0.366. The molecule has 0 fully saturated rings. The van der Waals surface area contributed by atoms with E-state index >= 15 is 0 Å². The average Bonchev–Trinajstić information content (AvgIpc) is 1.83. The normalized spacial score (nSPS) is 12.7. The number of hydrogen-bond donors (Lipinski definition) is 2. The molecule has 0 aromatic rings. The fraction of sp³-hybridized carbons (Fsp3) is 0.667. The third kappa shape index (κ3) is 45.9. The van der Waals surface area contributed by atoms with E-state index in [-0.39, 0.29) is 6.10 Å². The molecule has 1 unspecified atom stereocenters. The highest BCUT2D eigenvalue weighted by atomic mass is 35.9. The standard InChI is InChI=1S/C6H12O2.Cl2HO2P/c1-3-4-8-5-6(2)7;1-5(2,3)4/h3,6-7H,1,4-5H2,2H3;(H,3,4). The van der Waals surface area contributed by atoms with Gasteiger partial charge in [0.1, 0.15) is 0 Å². The van der Waals surface area contributed by atoms with E-state index in [1.807, 2.05) is 0 Å². The lowest BCUT2D eigenvalue weighted by Gasteiger charge is -2.01. The quantitative estimate of drug-likeness (QED) is 0.456. The van der Waals surface area contributed by atoms with E-state index in [4.69, 9.17) is 14.7 Å². The Morgan fingerprint density at radius 1 is 1.69 bits per heavy atom. The van der Waals surface area contributed by atoms with Gasteiger partial charge in [-0.2, -0.15) is 0 Å². The van der Waals surface area contributed by atoms with E-state index in [9.17, 15) is 4.57 Å². The van der Waals surface area contributed by atoms with Crippen LogP contribution >= 0.6 is 28.6 Å². The van der Waals surface area contributed by atoms with Crippen molar-refractivity contribution in [2.75, 3.05) is 13.2 Å². The Morgan fingerprint density at radius 3 is 2.31 bits per heavy atom. The summed E-state index contributed by atoms with van der Waals surface area (Å²) in [5, 5.41) is 8.62. The van der Waals surface area contributed by atoms with Crippen LogP contribution in [0.2, 0.25) is 0 Å². The third-order valence-corrected chi connectivity index (χ3v) is 0.595. The van der Waals surface area contributed by atoms with Crippen molar-refractivity contribution in [3.05, 3.63) is 12.7 Å². The second-order valence-corrected chi connectivity index (χ2v) is 6.25. The Morgan fingerprint density at radius 2 is 2.08 bits per heavy atom. The van der Waals surface area contributed by atoms with Crippen LogP contribution in [-0.4, -0.2) is 29.3 Å². The fourth-order valence-electron chi connectivity index (χ4n) is 0.322. The maximum absolute atomic E-state index is 9.30. The van der Waals surface area contributed by atoms with Gasteiger partial charge < -0.3 is 14.7 Å². The van der Waals surface area contributed by atoms with Crippen LogP contribution in [0.5, 0.6) is 0 Å². The molecule has 80 valence electrons. The average molecular weight is 251 g/mol. The number of hydrogen-bond acceptors (Lipinski definition) is 3. The van der Waals surface area contributed by atoms with E-state index < -0.39 is 6.07 Å². The van der Waals surface area contributed by atoms with Crippen molar-refractivity contribution in [1.82, 2.24) is 0 Å². The molecule has 0 saturated carbocycles. The molecule has 0 saturated heterocycles. The number of halogens is 2. The Hall–Kier alpha value is 0.430. The van der Waals surface area contributed by atoms with E-state index in [1.165, 1.54) is 0 Å². The Kier molecular flexibility index (Phi) is 11.0. The molecule has 0 amide bonds. The summed E-state index contributed by atoms with van der Waals surface area (Å²) in [6, 6.07) is 0. The molecular formula is C6H13Cl2O4P. The number of ether oxygens (including phenoxy) is 1. The van der Waals surface area contributed by atoms with Crippen LogP contribution in [0.3, 0.4) is 0 Å². The predicted molar refractivity (Wildman–Crippen MR) is 54.2 cm³/mol. The maximum Gasteiger partial charge on any atom is 0.377 e. The highest BCUT2D eigenvalue weighted by molar-refractivity contribution is 8.04. The summed E-state index contributed by atoms with van der Waals surface area (Å²) in [4.78, 5) is 7.61. The van der Waals surface area contributed by atoms with Gasteiger partial charge in [0.2, 0.25) is 0 Å². The predicted octanol–water partition coefficient (Wildman–Crippen LogP) is 2.13. The largest absolute Gasteiger partial charge is 0.391 e. The van der Waals surface area contributed by atoms with Crippen LogP contribution in [0.4, 0.5) is 0 Å². The molecule has 0 spiro atoms. The van der Waals surface area contributed by atoms with Gasteiger partial charge >= 0.3 is 6.07 Å². The van der Waals surface area contributed by atoms with Crippen LogP contribution in [0.15, 0.2) is 12.7 Å². The molecule has 0 rings (SSSR count). The summed E-state index contributed by atoms with van der Waals surface area (Å²) < 4.78 is 14.2. The molecule has 0 aliphatic carbocycles. The smallest absolute Gasteiger partial charge is 0.377 e. The topological polar surface area (TPSA) is 66.8 Å². The summed E-state index contributed by atoms with van der Waals surface area (Å²) in [6.45, 7) is 6.05. The molecule has 0 aliphatic heterocycles. The van der Waals surface area contributed by atoms with Crippen LogP contribution < -0.4 is 0 Å². The van der Waals surface area contributed by atoms with Crippen molar-refractivity contribution < 1.29 is 19.3 Å². The Labute approximate surface area is 87.1 Å². The highest BCUT2D eigenvalue weighted by Gasteiger charge is 2.02. The molecule has 0 aliphatic rings. The molecule has 1 atom stereocenters. The van der Waals surface area contributed by atoms with Gasteiger partial charge in [-0.15, -0.1) is 6.58 Å². The van der Waals surface area contributed by atoms with Gasteiger partial charge in [-0.05, 0) is 29.4 Å². The lowest BCUT2D eigenvalue weighted by Crippen LogP contribution is -2.09. The first kappa shape index (κ1) is 15.9. The van der Waals surface area contributed by atoms with Crippen LogP contribution in [0.25, 0.3) is 0 Å². The van der Waals surface area contributed by atoms with Gasteiger partial charge in [-0.1, -0.05) is 6.08 Å². The molecular weight excluding hydrogens is 238 g/mol. The first-order chi connectivity index (χ1) is 5.77. The van der Waals surface area contributed by atoms with Gasteiger partial charge in [0.05, 0.1) is 19.3 Å². The van der Waals surface area contributed by atoms with Crippen molar-refractivity contribution in [2.24, 2.45) is 0 Å². The zero-order chi connectivity index (χ0) is 10.9. The van der Waals surface area contributed by atoms with Gasteiger partial charge in [0.25, 0.3) is 0 Å². The Balaban J connectivity index is 0. The molecule has 0 radical (unpaired) electrons. The first-order valence-electron chi connectivity index (χ1n) is 3.36. The molecule has 0 aromatic carbocycles. The molecule has 13 heavy (non-hydrogen) atoms. The first-order valence-corrected chi connectivity index (χ1v) is 6.83. The van der Waals surface area contributed by atoms with E-state index in [1.54, 1.807) is 13.0 Å². The van der Waals surface area contributed by atoms with Crippen molar-refractivity contribution in [2.45, 2.75) is 13.0 Å².